The number of hydrogen-bond acceptors (Lipinski definition) is 6. The van der Waals surface area contributed by atoms with Crippen LogP contribution in [0.2, 0.25) is 0 Å². The molecule has 0 unspecified atom stereocenters. The summed E-state index contributed by atoms with van der Waals surface area (Å²) in [4.78, 5) is 11.1. The Morgan fingerprint density at radius 1 is 1.06 bits per heavy atom. The summed E-state index contributed by atoms with van der Waals surface area (Å²) in [7, 11) is 7.30. The van der Waals surface area contributed by atoms with E-state index in [4.69, 9.17) is 19.0 Å². The average molecular weight is 458 g/mol. The van der Waals surface area contributed by atoms with Crippen LogP contribution in [0, 0.1) is 0 Å². The summed E-state index contributed by atoms with van der Waals surface area (Å²) in [5.74, 6) is 2.11. The molecule has 1 aromatic heterocycles. The number of nitrogens with zero attached hydrogens (tertiary/aromatic N) is 2. The van der Waals surface area contributed by atoms with E-state index in [-0.39, 0.29) is 12.4 Å². The van der Waals surface area contributed by atoms with Gasteiger partial charge in [-0.15, -0.1) is 12.4 Å². The van der Waals surface area contributed by atoms with Crippen LogP contribution in [-0.2, 0) is 4.84 Å². The van der Waals surface area contributed by atoms with Crippen molar-refractivity contribution in [2.45, 2.75) is 0 Å². The molecule has 0 bridgehead atoms. The van der Waals surface area contributed by atoms with Crippen LogP contribution in [0.25, 0.3) is 22.2 Å². The lowest BCUT2D eigenvalue weighted by atomic mass is 10.1. The van der Waals surface area contributed by atoms with Gasteiger partial charge < -0.3 is 28.9 Å². The lowest BCUT2D eigenvalue weighted by Gasteiger charge is -2.12. The first-order valence-corrected chi connectivity index (χ1v) is 10.1. The van der Waals surface area contributed by atoms with Crippen LogP contribution in [-0.4, -0.2) is 63.7 Å². The summed E-state index contributed by atoms with van der Waals surface area (Å²) in [6.07, 6.45) is 1.67. The highest BCUT2D eigenvalue weighted by molar-refractivity contribution is 6.30. The Balaban J connectivity index is 0.00000289. The van der Waals surface area contributed by atoms with Gasteiger partial charge in [-0.1, -0.05) is 17.8 Å². The zero-order valence-electron chi connectivity index (χ0n) is 18.7. The molecule has 1 aliphatic rings. The highest BCUT2D eigenvalue weighted by Gasteiger charge is 2.32. The molecular weight excluding hydrogens is 430 g/mol. The molecule has 8 heteroatoms. The molecule has 0 radical (unpaired) electrons. The average Bonchev–Trinajstić information content (AvgIpc) is 3.27. The largest absolute Gasteiger partial charge is 0.493 e. The third-order valence-electron chi connectivity index (χ3n) is 5.21. The molecule has 170 valence electrons. The van der Waals surface area contributed by atoms with Gasteiger partial charge in [-0.2, -0.15) is 0 Å². The van der Waals surface area contributed by atoms with E-state index in [9.17, 15) is 0 Å². The van der Waals surface area contributed by atoms with Crippen LogP contribution < -0.4 is 14.2 Å². The molecule has 1 N–H and O–H groups in total. The van der Waals surface area contributed by atoms with Crippen molar-refractivity contribution >= 4 is 29.0 Å². The highest BCUT2D eigenvalue weighted by Crippen LogP contribution is 2.45. The number of halogens is 1. The lowest BCUT2D eigenvalue weighted by Crippen LogP contribution is -2.19. The summed E-state index contributed by atoms with van der Waals surface area (Å²) in [6, 6.07) is 9.95. The first-order valence-electron chi connectivity index (χ1n) is 10.1. The van der Waals surface area contributed by atoms with E-state index in [1.807, 2.05) is 44.4 Å². The molecule has 0 saturated heterocycles. The molecule has 32 heavy (non-hydrogen) atoms. The molecule has 3 aromatic rings. The second-order valence-electron chi connectivity index (χ2n) is 7.51. The molecule has 0 spiro atoms. The number of rotatable bonds is 9. The van der Waals surface area contributed by atoms with E-state index in [0.29, 0.717) is 24.7 Å². The van der Waals surface area contributed by atoms with Crippen LogP contribution in [0.15, 0.2) is 48.1 Å². The number of H-pyrrole nitrogens is 1. The maximum Gasteiger partial charge on any atom is 0.161 e. The van der Waals surface area contributed by atoms with Crippen LogP contribution in [0.5, 0.6) is 17.2 Å². The molecule has 0 fully saturated rings. The number of hydrogen-bond donors (Lipinski definition) is 1. The number of nitrogens with one attached hydrogen (secondary N) is 1. The van der Waals surface area contributed by atoms with Crippen molar-refractivity contribution in [1.82, 2.24) is 9.88 Å². The molecule has 0 aliphatic heterocycles. The Bertz CT molecular complexity index is 1150. The standard InChI is InChI=1S/C24H27N3O4.ClH/c1-6-10-31-26-24-17-14-21(29-5)20(28-4)13-16(17)23-22(24)18-12-15(7-8-19(18)25-23)30-11-9-27(2)3;/h6-8,12-14,25H,1,9-11H2,2-5H3;1H. The van der Waals surface area contributed by atoms with Crippen LogP contribution in [0.1, 0.15) is 11.1 Å². The number of ether oxygens (including phenoxy) is 3. The van der Waals surface area contributed by atoms with E-state index in [0.717, 1.165) is 51.3 Å². The Labute approximate surface area is 194 Å². The zero-order valence-corrected chi connectivity index (χ0v) is 19.5. The minimum atomic E-state index is 0. The molecule has 0 saturated carbocycles. The second kappa shape index (κ2) is 9.97. The van der Waals surface area contributed by atoms with Gasteiger partial charge in [0.15, 0.2) is 11.5 Å². The van der Waals surface area contributed by atoms with Crippen molar-refractivity contribution in [3.63, 3.8) is 0 Å². The minimum Gasteiger partial charge on any atom is -0.493 e. The Kier molecular flexibility index (Phi) is 7.33. The van der Waals surface area contributed by atoms with E-state index in [1.54, 1.807) is 20.3 Å². The van der Waals surface area contributed by atoms with Gasteiger partial charge in [0.1, 0.15) is 24.7 Å². The number of benzene rings is 2. The molecule has 4 rings (SSSR count). The minimum absolute atomic E-state index is 0. The SMILES string of the molecule is C=CCON=C1c2cc(OC)c(OC)cc2-c2[nH]c3ccc(OCCN(C)C)cc3c21.Cl. The van der Waals surface area contributed by atoms with Gasteiger partial charge in [-0.25, -0.2) is 0 Å². The van der Waals surface area contributed by atoms with Crippen LogP contribution >= 0.6 is 12.4 Å². The summed E-state index contributed by atoms with van der Waals surface area (Å²) < 4.78 is 17.0. The van der Waals surface area contributed by atoms with Crippen molar-refractivity contribution in [1.29, 1.82) is 0 Å². The van der Waals surface area contributed by atoms with Crippen molar-refractivity contribution in [3.8, 4) is 28.5 Å². The van der Waals surface area contributed by atoms with E-state index < -0.39 is 0 Å². The lowest BCUT2D eigenvalue weighted by molar-refractivity contribution is 0.175. The van der Waals surface area contributed by atoms with Crippen LogP contribution in [0.3, 0.4) is 0 Å². The predicted octanol–water partition coefficient (Wildman–Crippen LogP) is 4.48. The fraction of sp³-hybridized carbons (Fsp3) is 0.292. The number of oxime groups is 1. The molecule has 0 amide bonds. The third-order valence-corrected chi connectivity index (χ3v) is 5.21. The number of aromatic nitrogens is 1. The first-order chi connectivity index (χ1) is 15.1. The van der Waals surface area contributed by atoms with Gasteiger partial charge in [0.05, 0.1) is 19.9 Å². The van der Waals surface area contributed by atoms with Gasteiger partial charge in [-0.3, -0.25) is 0 Å². The number of fused-ring (bicyclic) bond motifs is 5. The molecule has 0 atom stereocenters. The first kappa shape index (κ1) is 23.5. The Hall–Kier alpha value is -3.16. The maximum atomic E-state index is 5.96. The fourth-order valence-electron chi connectivity index (χ4n) is 3.72. The molecule has 7 nitrogen and oxygen atoms in total. The van der Waals surface area contributed by atoms with Gasteiger partial charge >= 0.3 is 0 Å². The topological polar surface area (TPSA) is 68.3 Å². The summed E-state index contributed by atoms with van der Waals surface area (Å²) in [6.45, 7) is 5.48. The quantitative estimate of drug-likeness (QED) is 0.228. The number of aromatic amines is 1. The normalized spacial score (nSPS) is 13.0. The monoisotopic (exact) mass is 457 g/mol. The summed E-state index contributed by atoms with van der Waals surface area (Å²) in [5.41, 5.74) is 5.59. The van der Waals surface area contributed by atoms with E-state index >= 15 is 0 Å². The van der Waals surface area contributed by atoms with Crippen LogP contribution in [0.4, 0.5) is 0 Å². The number of likely N-dealkylation sites (N-methyl/N-ethyl adjacent to an activating group) is 1. The maximum absolute atomic E-state index is 5.96. The Morgan fingerprint density at radius 2 is 1.78 bits per heavy atom. The predicted molar refractivity (Wildman–Crippen MR) is 130 cm³/mol. The van der Waals surface area contributed by atoms with Gasteiger partial charge in [0, 0.05) is 34.1 Å². The van der Waals surface area contributed by atoms with Gasteiger partial charge in [-0.05, 0) is 44.4 Å². The van der Waals surface area contributed by atoms with Gasteiger partial charge in [0.25, 0.3) is 0 Å². The molecule has 1 aliphatic carbocycles. The van der Waals surface area contributed by atoms with Crippen molar-refractivity contribution in [2.24, 2.45) is 5.16 Å². The molecule has 1 heterocycles. The fourth-order valence-corrected chi connectivity index (χ4v) is 3.72. The zero-order chi connectivity index (χ0) is 22.0. The smallest absolute Gasteiger partial charge is 0.161 e. The van der Waals surface area contributed by atoms with Crippen molar-refractivity contribution < 1.29 is 19.0 Å². The van der Waals surface area contributed by atoms with Crippen molar-refractivity contribution in [2.75, 3.05) is 48.1 Å². The number of methoxy groups -OCH3 is 2. The van der Waals surface area contributed by atoms with Gasteiger partial charge in [0.2, 0.25) is 0 Å². The molecular formula is C24H28ClN3O4. The van der Waals surface area contributed by atoms with E-state index in [2.05, 4.69) is 21.6 Å². The van der Waals surface area contributed by atoms with Crippen molar-refractivity contribution in [3.05, 3.63) is 54.1 Å². The Morgan fingerprint density at radius 3 is 2.44 bits per heavy atom. The summed E-state index contributed by atoms with van der Waals surface area (Å²) in [5, 5.41) is 5.47. The third kappa shape index (κ3) is 4.26. The summed E-state index contributed by atoms with van der Waals surface area (Å²) >= 11 is 0. The van der Waals surface area contributed by atoms with E-state index in [1.165, 1.54) is 0 Å². The second-order valence-corrected chi connectivity index (χ2v) is 7.51. The highest BCUT2D eigenvalue weighted by atomic mass is 35.5. The molecule has 2 aromatic carbocycles.